The molecule has 2 rings (SSSR count). The summed E-state index contributed by atoms with van der Waals surface area (Å²) in [5, 5.41) is 0. The second-order valence-corrected chi connectivity index (χ2v) is 3.30. The van der Waals surface area contributed by atoms with Crippen molar-refractivity contribution in [3.8, 4) is 0 Å². The minimum atomic E-state index is -0.634. The predicted molar refractivity (Wildman–Crippen MR) is 53.9 cm³/mol. The molecule has 0 saturated carbocycles. The van der Waals surface area contributed by atoms with E-state index >= 15 is 0 Å². The van der Waals surface area contributed by atoms with Crippen LogP contribution in [0.2, 0.25) is 0 Å². The maximum absolute atomic E-state index is 11.7. The third-order valence-corrected chi connectivity index (χ3v) is 2.56. The summed E-state index contributed by atoms with van der Waals surface area (Å²) < 4.78 is 4.82. The Bertz CT molecular complexity index is 377. The van der Waals surface area contributed by atoms with E-state index in [4.69, 9.17) is 4.74 Å². The number of nitrogens with zero attached hydrogens (tertiary/aromatic N) is 1. The van der Waals surface area contributed by atoms with E-state index in [1.807, 2.05) is 24.3 Å². The van der Waals surface area contributed by atoms with Crippen LogP contribution in [-0.2, 0) is 9.53 Å². The molecule has 0 radical (unpaired) electrons. The van der Waals surface area contributed by atoms with Crippen LogP contribution in [0.3, 0.4) is 0 Å². The summed E-state index contributed by atoms with van der Waals surface area (Å²) in [5.74, 6) is -0.226. The zero-order chi connectivity index (χ0) is 10.0. The van der Waals surface area contributed by atoms with Gasteiger partial charge in [-0.3, -0.25) is 9.79 Å². The van der Waals surface area contributed by atoms with Crippen molar-refractivity contribution in [2.45, 2.75) is 6.42 Å². The van der Waals surface area contributed by atoms with Gasteiger partial charge in [-0.1, -0.05) is 24.3 Å². The summed E-state index contributed by atoms with van der Waals surface area (Å²) in [6, 6.07) is 0. The topological polar surface area (TPSA) is 38.7 Å². The van der Waals surface area contributed by atoms with Crippen molar-refractivity contribution < 1.29 is 9.53 Å². The van der Waals surface area contributed by atoms with E-state index in [1.165, 1.54) is 7.11 Å². The van der Waals surface area contributed by atoms with Crippen molar-refractivity contribution in [1.82, 2.24) is 0 Å². The average Bonchev–Trinajstić information content (AvgIpc) is 2.28. The maximum atomic E-state index is 11.7. The van der Waals surface area contributed by atoms with Gasteiger partial charge in [-0.05, 0) is 5.57 Å². The molecule has 2 aliphatic rings. The van der Waals surface area contributed by atoms with Crippen LogP contribution in [0.15, 0.2) is 41.1 Å². The SMILES string of the molecule is COC(=O)C12C=CC=CC1=CN=CC2. The fourth-order valence-corrected chi connectivity index (χ4v) is 1.75. The number of carbonyl (C=O) groups is 1. The molecule has 0 aromatic carbocycles. The van der Waals surface area contributed by atoms with Crippen molar-refractivity contribution in [2.75, 3.05) is 7.11 Å². The van der Waals surface area contributed by atoms with Gasteiger partial charge < -0.3 is 4.74 Å². The molecule has 0 bridgehead atoms. The Labute approximate surface area is 82.5 Å². The first kappa shape index (κ1) is 8.94. The highest BCUT2D eigenvalue weighted by Crippen LogP contribution is 2.38. The van der Waals surface area contributed by atoms with Crippen LogP contribution < -0.4 is 0 Å². The molecule has 0 N–H and O–H groups in total. The normalized spacial score (nSPS) is 28.2. The molecule has 0 spiro atoms. The molecular formula is C11H11NO2. The van der Waals surface area contributed by atoms with Crippen LogP contribution in [0, 0.1) is 5.41 Å². The van der Waals surface area contributed by atoms with Gasteiger partial charge in [-0.15, -0.1) is 0 Å². The predicted octanol–water partition coefficient (Wildman–Crippen LogP) is 1.63. The number of ether oxygens (including phenoxy) is 1. The van der Waals surface area contributed by atoms with Crippen molar-refractivity contribution in [3.63, 3.8) is 0 Å². The van der Waals surface area contributed by atoms with Gasteiger partial charge >= 0.3 is 5.97 Å². The van der Waals surface area contributed by atoms with Crippen LogP contribution in [0.1, 0.15) is 6.42 Å². The molecule has 0 saturated heterocycles. The van der Waals surface area contributed by atoms with Gasteiger partial charge in [0.05, 0.1) is 7.11 Å². The zero-order valence-corrected chi connectivity index (χ0v) is 7.93. The van der Waals surface area contributed by atoms with E-state index in [0.717, 1.165) is 5.57 Å². The lowest BCUT2D eigenvalue weighted by Crippen LogP contribution is -2.34. The first-order chi connectivity index (χ1) is 6.79. The number of allylic oxidation sites excluding steroid dienone is 3. The Balaban J connectivity index is 2.46. The molecule has 0 fully saturated rings. The minimum Gasteiger partial charge on any atom is -0.468 e. The number of hydrogen-bond acceptors (Lipinski definition) is 3. The van der Waals surface area contributed by atoms with Gasteiger partial charge in [-0.25, -0.2) is 0 Å². The van der Waals surface area contributed by atoms with Crippen LogP contribution in [0.25, 0.3) is 0 Å². The van der Waals surface area contributed by atoms with E-state index in [0.29, 0.717) is 6.42 Å². The lowest BCUT2D eigenvalue weighted by atomic mass is 9.74. The first-order valence-corrected chi connectivity index (χ1v) is 4.46. The molecular weight excluding hydrogens is 178 g/mol. The highest BCUT2D eigenvalue weighted by atomic mass is 16.5. The average molecular weight is 189 g/mol. The van der Waals surface area contributed by atoms with Gasteiger partial charge in [0.2, 0.25) is 0 Å². The molecule has 0 aromatic heterocycles. The number of carbonyl (C=O) groups excluding carboxylic acids is 1. The highest BCUT2D eigenvalue weighted by molar-refractivity contribution is 5.89. The molecule has 3 nitrogen and oxygen atoms in total. The smallest absolute Gasteiger partial charge is 0.320 e. The summed E-state index contributed by atoms with van der Waals surface area (Å²) in [5.41, 5.74) is 0.264. The van der Waals surface area contributed by atoms with E-state index in [-0.39, 0.29) is 5.97 Å². The van der Waals surface area contributed by atoms with Crippen LogP contribution >= 0.6 is 0 Å². The standard InChI is InChI=1S/C11H11NO2/c1-14-10(13)11-5-3-2-4-9(11)8-12-7-6-11/h2-5,7-8H,6H2,1H3. The Morgan fingerprint density at radius 1 is 1.57 bits per heavy atom. The van der Waals surface area contributed by atoms with E-state index in [1.54, 1.807) is 12.4 Å². The van der Waals surface area contributed by atoms with Crippen molar-refractivity contribution in [3.05, 3.63) is 36.1 Å². The third kappa shape index (κ3) is 1.13. The third-order valence-electron chi connectivity index (χ3n) is 2.56. The Hall–Kier alpha value is -1.64. The Morgan fingerprint density at radius 2 is 2.43 bits per heavy atom. The van der Waals surface area contributed by atoms with Crippen LogP contribution in [0.5, 0.6) is 0 Å². The number of aliphatic imine (C=N–C) groups is 1. The Morgan fingerprint density at radius 3 is 3.21 bits per heavy atom. The van der Waals surface area contributed by atoms with Gasteiger partial charge in [0.25, 0.3) is 0 Å². The molecule has 0 amide bonds. The summed E-state index contributed by atoms with van der Waals surface area (Å²) >= 11 is 0. The van der Waals surface area contributed by atoms with E-state index in [2.05, 4.69) is 4.99 Å². The lowest BCUT2D eigenvalue weighted by Gasteiger charge is -2.30. The molecule has 1 unspecified atom stereocenters. The molecule has 1 aliphatic heterocycles. The largest absolute Gasteiger partial charge is 0.468 e. The molecule has 14 heavy (non-hydrogen) atoms. The summed E-state index contributed by atoms with van der Waals surface area (Å²) in [6.07, 6.45) is 11.6. The highest BCUT2D eigenvalue weighted by Gasteiger charge is 2.41. The molecule has 1 heterocycles. The van der Waals surface area contributed by atoms with Crippen molar-refractivity contribution in [1.29, 1.82) is 0 Å². The first-order valence-electron chi connectivity index (χ1n) is 4.46. The fraction of sp³-hybridized carbons (Fsp3) is 0.273. The Kier molecular flexibility index (Phi) is 2.08. The van der Waals surface area contributed by atoms with Gasteiger partial charge in [-0.2, -0.15) is 0 Å². The number of rotatable bonds is 1. The second-order valence-electron chi connectivity index (χ2n) is 3.30. The maximum Gasteiger partial charge on any atom is 0.320 e. The second kappa shape index (κ2) is 3.25. The molecule has 1 aliphatic carbocycles. The van der Waals surface area contributed by atoms with Gasteiger partial charge in [0.1, 0.15) is 5.41 Å². The van der Waals surface area contributed by atoms with Gasteiger partial charge in [0, 0.05) is 18.8 Å². The summed E-state index contributed by atoms with van der Waals surface area (Å²) in [7, 11) is 1.41. The van der Waals surface area contributed by atoms with E-state index in [9.17, 15) is 4.79 Å². The number of fused-ring (bicyclic) bond motifs is 1. The van der Waals surface area contributed by atoms with Crippen LogP contribution in [-0.4, -0.2) is 19.3 Å². The molecule has 0 aromatic rings. The number of esters is 1. The summed E-state index contributed by atoms with van der Waals surface area (Å²) in [4.78, 5) is 15.8. The number of methoxy groups -OCH3 is 1. The number of hydrogen-bond donors (Lipinski definition) is 0. The van der Waals surface area contributed by atoms with Crippen molar-refractivity contribution in [2.24, 2.45) is 10.4 Å². The molecule has 1 atom stereocenters. The molecule has 72 valence electrons. The fourth-order valence-electron chi connectivity index (χ4n) is 1.75. The van der Waals surface area contributed by atoms with Crippen LogP contribution in [0.4, 0.5) is 0 Å². The summed E-state index contributed by atoms with van der Waals surface area (Å²) in [6.45, 7) is 0. The van der Waals surface area contributed by atoms with E-state index < -0.39 is 5.41 Å². The zero-order valence-electron chi connectivity index (χ0n) is 7.93. The minimum absolute atomic E-state index is 0.226. The monoisotopic (exact) mass is 189 g/mol. The van der Waals surface area contributed by atoms with Gasteiger partial charge in [0.15, 0.2) is 0 Å². The van der Waals surface area contributed by atoms with Crippen molar-refractivity contribution >= 4 is 12.2 Å². The quantitative estimate of drug-likeness (QED) is 0.588. The lowest BCUT2D eigenvalue weighted by molar-refractivity contribution is -0.147. The molecule has 3 heteroatoms.